The molecule has 1 aliphatic rings. The number of aromatic nitrogens is 2. The van der Waals surface area contributed by atoms with E-state index in [0.29, 0.717) is 6.54 Å². The summed E-state index contributed by atoms with van der Waals surface area (Å²) in [5.41, 5.74) is 3.09. The van der Waals surface area contributed by atoms with Gasteiger partial charge in [-0.3, -0.25) is 14.7 Å². The van der Waals surface area contributed by atoms with E-state index < -0.39 is 0 Å². The zero-order valence-electron chi connectivity index (χ0n) is 17.1. The van der Waals surface area contributed by atoms with Gasteiger partial charge in [-0.25, -0.2) is 0 Å². The van der Waals surface area contributed by atoms with Gasteiger partial charge in [0.15, 0.2) is 0 Å². The predicted octanol–water partition coefficient (Wildman–Crippen LogP) is 3.39. The van der Waals surface area contributed by atoms with Gasteiger partial charge in [-0.05, 0) is 54.8 Å². The van der Waals surface area contributed by atoms with Crippen LogP contribution in [0.5, 0.6) is 5.75 Å². The summed E-state index contributed by atoms with van der Waals surface area (Å²) in [5, 5.41) is 7.07. The zero-order chi connectivity index (χ0) is 20.8. The summed E-state index contributed by atoms with van der Waals surface area (Å²) in [6, 6.07) is 13.5. The van der Waals surface area contributed by atoms with Crippen LogP contribution in [0.25, 0.3) is 0 Å². The molecule has 1 aliphatic heterocycles. The van der Waals surface area contributed by atoms with E-state index in [-0.39, 0.29) is 17.6 Å². The fourth-order valence-corrected chi connectivity index (χ4v) is 3.79. The second kappa shape index (κ2) is 9.54. The molecule has 30 heavy (non-hydrogen) atoms. The Hall–Kier alpha value is -3.19. The van der Waals surface area contributed by atoms with Crippen LogP contribution in [0.3, 0.4) is 0 Å². The van der Waals surface area contributed by atoms with E-state index in [1.807, 2.05) is 48.8 Å². The first-order valence-electron chi connectivity index (χ1n) is 10.2. The number of benzene rings is 1. The van der Waals surface area contributed by atoms with Gasteiger partial charge in [0.25, 0.3) is 5.91 Å². The van der Waals surface area contributed by atoms with Crippen molar-refractivity contribution in [3.8, 4) is 5.75 Å². The van der Waals surface area contributed by atoms with E-state index in [9.17, 15) is 4.79 Å². The number of methoxy groups -OCH3 is 1. The minimum Gasteiger partial charge on any atom is -0.497 e. The summed E-state index contributed by atoms with van der Waals surface area (Å²) in [5.74, 6) is 1.06. The first kappa shape index (κ1) is 20.1. The maximum Gasteiger partial charge on any atom is 0.290 e. The fourth-order valence-electron chi connectivity index (χ4n) is 3.79. The van der Waals surface area contributed by atoms with Gasteiger partial charge in [0.1, 0.15) is 5.75 Å². The summed E-state index contributed by atoms with van der Waals surface area (Å²) >= 11 is 0. The van der Waals surface area contributed by atoms with Crippen molar-refractivity contribution in [2.24, 2.45) is 0 Å². The predicted molar refractivity (Wildman–Crippen MR) is 112 cm³/mol. The van der Waals surface area contributed by atoms with Crippen molar-refractivity contribution in [3.05, 3.63) is 77.4 Å². The van der Waals surface area contributed by atoms with Crippen molar-refractivity contribution < 1.29 is 14.1 Å². The first-order chi connectivity index (χ1) is 14.7. The molecular formula is C23H26N4O3. The number of likely N-dealkylation sites (tertiary alicyclic amines) is 1. The lowest BCUT2D eigenvalue weighted by Gasteiger charge is -2.31. The largest absolute Gasteiger partial charge is 0.497 e. The highest BCUT2D eigenvalue weighted by atomic mass is 16.5. The lowest BCUT2D eigenvalue weighted by Crippen LogP contribution is -2.34. The lowest BCUT2D eigenvalue weighted by molar-refractivity contribution is 0.0913. The molecule has 2 aromatic heterocycles. The molecule has 3 heterocycles. The van der Waals surface area contributed by atoms with Crippen LogP contribution in [0.2, 0.25) is 0 Å². The number of ether oxygens (including phenoxy) is 1. The van der Waals surface area contributed by atoms with Crippen LogP contribution in [-0.2, 0) is 13.1 Å². The fraction of sp³-hybridized carbons (Fsp3) is 0.348. The van der Waals surface area contributed by atoms with Crippen LogP contribution in [0.15, 0.2) is 59.4 Å². The highest BCUT2D eigenvalue weighted by Gasteiger charge is 2.25. The Morgan fingerprint density at radius 2 is 2.00 bits per heavy atom. The molecule has 1 amide bonds. The average molecular weight is 406 g/mol. The number of hydrogen-bond acceptors (Lipinski definition) is 6. The molecule has 7 heteroatoms. The minimum atomic E-state index is -0.256. The summed E-state index contributed by atoms with van der Waals surface area (Å²) in [6.07, 6.45) is 5.80. The SMILES string of the molecule is COc1ccc(CNC(=O)c2cc(C3CCCN(Cc4ccncc4)C3)no2)cc1. The second-order valence-corrected chi connectivity index (χ2v) is 7.58. The average Bonchev–Trinajstić information content (AvgIpc) is 3.29. The van der Waals surface area contributed by atoms with E-state index in [2.05, 4.69) is 20.4 Å². The molecule has 1 N–H and O–H groups in total. The van der Waals surface area contributed by atoms with Crippen LogP contribution in [0.4, 0.5) is 0 Å². The topological polar surface area (TPSA) is 80.5 Å². The Morgan fingerprint density at radius 1 is 1.20 bits per heavy atom. The monoisotopic (exact) mass is 406 g/mol. The molecular weight excluding hydrogens is 380 g/mol. The van der Waals surface area contributed by atoms with E-state index in [0.717, 1.165) is 49.5 Å². The van der Waals surface area contributed by atoms with Crippen molar-refractivity contribution in [1.82, 2.24) is 20.4 Å². The molecule has 0 aliphatic carbocycles. The number of pyridine rings is 1. The molecule has 0 spiro atoms. The number of rotatable bonds is 7. The van der Waals surface area contributed by atoms with Crippen LogP contribution in [0.1, 0.15) is 46.1 Å². The number of carbonyl (C=O) groups excluding carboxylic acids is 1. The molecule has 1 atom stereocenters. The quantitative estimate of drug-likeness (QED) is 0.648. The number of amides is 1. The molecule has 1 saturated heterocycles. The van der Waals surface area contributed by atoms with Gasteiger partial charge < -0.3 is 14.6 Å². The third-order valence-corrected chi connectivity index (χ3v) is 5.44. The Balaban J connectivity index is 1.32. The molecule has 0 bridgehead atoms. The molecule has 156 valence electrons. The van der Waals surface area contributed by atoms with E-state index in [1.54, 1.807) is 13.2 Å². The molecule has 3 aromatic rings. The number of piperidine rings is 1. The standard InChI is InChI=1S/C23H26N4O3/c1-29-20-6-4-17(5-7-20)14-25-23(28)22-13-21(26-30-22)19-3-2-12-27(16-19)15-18-8-10-24-11-9-18/h4-11,13,19H,2-3,12,14-16H2,1H3,(H,25,28). The van der Waals surface area contributed by atoms with Crippen molar-refractivity contribution in [2.75, 3.05) is 20.2 Å². The highest BCUT2D eigenvalue weighted by Crippen LogP contribution is 2.27. The number of carbonyl (C=O) groups is 1. The number of nitrogens with zero attached hydrogens (tertiary/aromatic N) is 3. The molecule has 7 nitrogen and oxygen atoms in total. The first-order valence-corrected chi connectivity index (χ1v) is 10.2. The molecule has 1 unspecified atom stereocenters. The van der Waals surface area contributed by atoms with Crippen molar-refractivity contribution >= 4 is 5.91 Å². The van der Waals surface area contributed by atoms with Crippen molar-refractivity contribution in [2.45, 2.75) is 31.8 Å². The molecule has 0 saturated carbocycles. The Labute approximate surface area is 176 Å². The van der Waals surface area contributed by atoms with Gasteiger partial charge in [0, 0.05) is 44.0 Å². The van der Waals surface area contributed by atoms with Gasteiger partial charge in [-0.15, -0.1) is 0 Å². The molecule has 1 fully saturated rings. The Kier molecular flexibility index (Phi) is 6.39. The summed E-state index contributed by atoms with van der Waals surface area (Å²) in [6.45, 7) is 3.28. The van der Waals surface area contributed by atoms with Gasteiger partial charge in [-0.2, -0.15) is 0 Å². The Morgan fingerprint density at radius 3 is 2.77 bits per heavy atom. The molecule has 0 radical (unpaired) electrons. The van der Waals surface area contributed by atoms with E-state index >= 15 is 0 Å². The number of hydrogen-bond donors (Lipinski definition) is 1. The summed E-state index contributed by atoms with van der Waals surface area (Å²) in [7, 11) is 1.63. The maximum absolute atomic E-state index is 12.5. The van der Waals surface area contributed by atoms with Gasteiger partial charge >= 0.3 is 0 Å². The minimum absolute atomic E-state index is 0.254. The zero-order valence-corrected chi connectivity index (χ0v) is 17.1. The summed E-state index contributed by atoms with van der Waals surface area (Å²) in [4.78, 5) is 19.0. The van der Waals surface area contributed by atoms with Crippen LogP contribution in [-0.4, -0.2) is 41.1 Å². The third kappa shape index (κ3) is 5.04. The normalized spacial score (nSPS) is 16.9. The van der Waals surface area contributed by atoms with Crippen LogP contribution in [0, 0.1) is 0 Å². The Bertz CT molecular complexity index is 956. The molecule has 4 rings (SSSR count). The second-order valence-electron chi connectivity index (χ2n) is 7.58. The van der Waals surface area contributed by atoms with Crippen molar-refractivity contribution in [1.29, 1.82) is 0 Å². The van der Waals surface area contributed by atoms with Crippen molar-refractivity contribution in [3.63, 3.8) is 0 Å². The molecule has 1 aromatic carbocycles. The van der Waals surface area contributed by atoms with Crippen LogP contribution >= 0.6 is 0 Å². The van der Waals surface area contributed by atoms with Gasteiger partial charge in [0.05, 0.1) is 12.8 Å². The maximum atomic E-state index is 12.5. The smallest absolute Gasteiger partial charge is 0.290 e. The highest BCUT2D eigenvalue weighted by molar-refractivity contribution is 5.91. The van der Waals surface area contributed by atoms with E-state index in [1.165, 1.54) is 5.56 Å². The van der Waals surface area contributed by atoms with Gasteiger partial charge in [-0.1, -0.05) is 17.3 Å². The number of nitrogens with one attached hydrogen (secondary N) is 1. The lowest BCUT2D eigenvalue weighted by atomic mass is 9.94. The summed E-state index contributed by atoms with van der Waals surface area (Å²) < 4.78 is 10.5. The third-order valence-electron chi connectivity index (χ3n) is 5.44. The van der Waals surface area contributed by atoms with E-state index in [4.69, 9.17) is 9.26 Å². The van der Waals surface area contributed by atoms with Gasteiger partial charge in [0.2, 0.25) is 5.76 Å². The van der Waals surface area contributed by atoms with Crippen LogP contribution < -0.4 is 10.1 Å².